The number of fused-ring (bicyclic) bond motifs is 2. The summed E-state index contributed by atoms with van der Waals surface area (Å²) in [5, 5.41) is -0.356. The predicted molar refractivity (Wildman–Crippen MR) is 173 cm³/mol. The molecule has 250 valence electrons. The van der Waals surface area contributed by atoms with Gasteiger partial charge in [-0.25, -0.2) is 4.79 Å². The standard InChI is InChI=1S/C31H42BF2N5O6S/c1-22-19-25(14-15-29(40)35-30(46(42,43)44)31(41)45-18-16-36(2)3)37-26(22)21-28-24(13-10-17-39(4,5)6)20-27(38(28)32(37,33)34)23-11-8-7-9-12-23/h7-9,11-12,19-21,30H,10,13-18H2,1-6H3,(H-,35,40,42,43,44)/p+1. The first-order valence-corrected chi connectivity index (χ1v) is 16.7. The highest BCUT2D eigenvalue weighted by Crippen LogP contribution is 2.39. The first kappa shape index (κ1) is 35.2. The van der Waals surface area contributed by atoms with Crippen molar-refractivity contribution < 1.29 is 44.9 Å². The van der Waals surface area contributed by atoms with Gasteiger partial charge in [-0.15, -0.1) is 0 Å². The van der Waals surface area contributed by atoms with Crippen LogP contribution in [0.4, 0.5) is 8.63 Å². The molecule has 0 spiro atoms. The number of halogens is 2. The Kier molecular flexibility index (Phi) is 10.4. The highest BCUT2D eigenvalue weighted by molar-refractivity contribution is 7.87. The molecule has 2 aliphatic rings. The first-order chi connectivity index (χ1) is 21.4. The van der Waals surface area contributed by atoms with Crippen molar-refractivity contribution in [3.8, 4) is 0 Å². The van der Waals surface area contributed by atoms with Gasteiger partial charge in [0.1, 0.15) is 6.61 Å². The summed E-state index contributed by atoms with van der Waals surface area (Å²) in [5.41, 5.74) is 3.43. The SMILES string of the molecule is Cc1cc(CCC(=O)NC(C(=O)OCCN(C)C)S(=O)(=O)O)n2c1C=C1C(CCC[N+](C)(C)C)=CC(c3ccccc3)=[N+]1[B-]2(F)F. The van der Waals surface area contributed by atoms with Gasteiger partial charge >= 0.3 is 12.9 Å². The van der Waals surface area contributed by atoms with Gasteiger partial charge in [0, 0.05) is 48.4 Å². The molecule has 2 aromatic rings. The van der Waals surface area contributed by atoms with E-state index in [2.05, 4.69) is 21.1 Å². The van der Waals surface area contributed by atoms with Crippen molar-refractivity contribution in [1.29, 1.82) is 0 Å². The molecule has 1 amide bonds. The summed E-state index contributed by atoms with van der Waals surface area (Å²) in [6.45, 7) is -1.68. The number of ether oxygens (including phenoxy) is 1. The van der Waals surface area contributed by atoms with E-state index < -0.39 is 40.8 Å². The molecule has 0 bridgehead atoms. The number of carbonyl (C=O) groups excluding carboxylic acids is 2. The number of aromatic nitrogens is 1. The van der Waals surface area contributed by atoms with Crippen molar-refractivity contribution in [2.45, 2.75) is 38.0 Å². The molecule has 2 aliphatic heterocycles. The van der Waals surface area contributed by atoms with Crippen molar-refractivity contribution in [1.82, 2.24) is 14.7 Å². The van der Waals surface area contributed by atoms with Crippen LogP contribution in [0.5, 0.6) is 0 Å². The molecule has 4 rings (SSSR count). The summed E-state index contributed by atoms with van der Waals surface area (Å²) >= 11 is 0. The Morgan fingerprint density at radius 3 is 2.41 bits per heavy atom. The fourth-order valence-corrected chi connectivity index (χ4v) is 6.30. The van der Waals surface area contributed by atoms with Crippen LogP contribution in [0.15, 0.2) is 53.7 Å². The van der Waals surface area contributed by atoms with Crippen molar-refractivity contribution in [3.63, 3.8) is 0 Å². The zero-order valence-electron chi connectivity index (χ0n) is 27.2. The van der Waals surface area contributed by atoms with E-state index in [0.29, 0.717) is 34.7 Å². The number of aryl methyl sites for hydroxylation is 2. The van der Waals surface area contributed by atoms with Gasteiger partial charge in [-0.1, -0.05) is 18.2 Å². The van der Waals surface area contributed by atoms with Crippen LogP contribution in [0.3, 0.4) is 0 Å². The molecule has 3 heterocycles. The molecule has 1 unspecified atom stereocenters. The van der Waals surface area contributed by atoms with Gasteiger partial charge in [0.25, 0.3) is 15.5 Å². The lowest BCUT2D eigenvalue weighted by molar-refractivity contribution is -0.870. The molecular weight excluding hydrogens is 619 g/mol. The van der Waals surface area contributed by atoms with Crippen molar-refractivity contribution in [2.24, 2.45) is 0 Å². The third-order valence-corrected chi connectivity index (χ3v) is 8.86. The maximum Gasteiger partial charge on any atom is 0.737 e. The number of hydrogen-bond donors (Lipinski definition) is 2. The third-order valence-electron chi connectivity index (χ3n) is 7.95. The maximum atomic E-state index is 16.8. The van der Waals surface area contributed by atoms with Gasteiger partial charge in [-0.2, -0.15) is 8.42 Å². The largest absolute Gasteiger partial charge is 0.737 e. The summed E-state index contributed by atoms with van der Waals surface area (Å²) in [6.07, 6.45) is 4.44. The second-order valence-electron chi connectivity index (χ2n) is 13.0. The number of quaternary nitrogens is 1. The van der Waals surface area contributed by atoms with E-state index in [1.807, 2.05) is 17.5 Å². The monoisotopic (exact) mass is 662 g/mol. The molecule has 0 radical (unpaired) electrons. The lowest BCUT2D eigenvalue weighted by Gasteiger charge is -2.32. The molecule has 15 heteroatoms. The van der Waals surface area contributed by atoms with Gasteiger partial charge < -0.3 is 37.0 Å². The maximum absolute atomic E-state index is 16.8. The van der Waals surface area contributed by atoms with Gasteiger partial charge in [0.05, 0.1) is 27.7 Å². The van der Waals surface area contributed by atoms with Crippen LogP contribution in [0, 0.1) is 6.92 Å². The Morgan fingerprint density at radius 1 is 1.13 bits per heavy atom. The summed E-state index contributed by atoms with van der Waals surface area (Å²) < 4.78 is 74.6. The van der Waals surface area contributed by atoms with E-state index in [-0.39, 0.29) is 25.3 Å². The summed E-state index contributed by atoms with van der Waals surface area (Å²) in [5.74, 6) is -2.27. The highest BCUT2D eigenvalue weighted by atomic mass is 32.2. The number of rotatable bonds is 14. The highest BCUT2D eigenvalue weighted by Gasteiger charge is 2.54. The number of carbonyl (C=O) groups is 2. The molecule has 0 aliphatic carbocycles. The topological polar surface area (TPSA) is 121 Å². The molecule has 11 nitrogen and oxygen atoms in total. The lowest BCUT2D eigenvalue weighted by Crippen LogP contribution is -2.51. The number of amides is 1. The quantitative estimate of drug-likeness (QED) is 0.138. The number of allylic oxidation sites excluding steroid dienone is 2. The Hall–Kier alpha value is -3.66. The van der Waals surface area contributed by atoms with Crippen LogP contribution < -0.4 is 5.32 Å². The second kappa shape index (κ2) is 13.6. The van der Waals surface area contributed by atoms with Gasteiger partial charge in [0.2, 0.25) is 5.91 Å². The fraction of sp³-hybridized carbons (Fsp3) is 0.452. The normalized spacial score (nSPS) is 16.5. The number of nitrogens with zero attached hydrogens (tertiary/aromatic N) is 4. The average Bonchev–Trinajstić information content (AvgIpc) is 3.48. The molecule has 1 aromatic heterocycles. The zero-order chi connectivity index (χ0) is 34.0. The van der Waals surface area contributed by atoms with E-state index in [0.717, 1.165) is 32.0 Å². The minimum absolute atomic E-state index is 0.166. The Morgan fingerprint density at radius 2 is 1.80 bits per heavy atom. The third kappa shape index (κ3) is 8.00. The van der Waals surface area contributed by atoms with Crippen LogP contribution >= 0.6 is 0 Å². The van der Waals surface area contributed by atoms with Crippen LogP contribution in [0.2, 0.25) is 0 Å². The van der Waals surface area contributed by atoms with Crippen LogP contribution in [-0.2, 0) is 30.9 Å². The van der Waals surface area contributed by atoms with E-state index in [1.165, 1.54) is 0 Å². The Bertz CT molecular complexity index is 1700. The lowest BCUT2D eigenvalue weighted by atomic mass is 9.88. The molecule has 2 N–H and O–H groups in total. The fourth-order valence-electron chi connectivity index (χ4n) is 5.71. The molecule has 46 heavy (non-hydrogen) atoms. The molecule has 1 atom stereocenters. The smallest absolute Gasteiger partial charge is 0.462 e. The predicted octanol–water partition coefficient (Wildman–Crippen LogP) is 2.67. The van der Waals surface area contributed by atoms with E-state index in [1.54, 1.807) is 62.3 Å². The molecule has 0 saturated carbocycles. The molecular formula is C31H43BF2N5O6S+. The number of benzene rings is 1. The van der Waals surface area contributed by atoms with Crippen molar-refractivity contribution in [3.05, 3.63) is 76.3 Å². The van der Waals surface area contributed by atoms with Crippen molar-refractivity contribution >= 4 is 40.8 Å². The second-order valence-corrected chi connectivity index (χ2v) is 14.5. The van der Waals surface area contributed by atoms with Gasteiger partial charge in [0.15, 0.2) is 11.4 Å². The van der Waals surface area contributed by atoms with E-state index in [9.17, 15) is 22.6 Å². The minimum Gasteiger partial charge on any atom is -0.462 e. The van der Waals surface area contributed by atoms with E-state index >= 15 is 8.63 Å². The molecule has 0 saturated heterocycles. The number of nitrogens with one attached hydrogen (secondary N) is 1. The Balaban J connectivity index is 1.62. The van der Waals surface area contributed by atoms with Crippen LogP contribution in [0.1, 0.15) is 41.8 Å². The summed E-state index contributed by atoms with van der Waals surface area (Å²) in [6, 6.07) is 10.6. The summed E-state index contributed by atoms with van der Waals surface area (Å²) in [7, 11) is 4.65. The summed E-state index contributed by atoms with van der Waals surface area (Å²) in [4.78, 5) is 26.8. The van der Waals surface area contributed by atoms with E-state index in [4.69, 9.17) is 4.74 Å². The van der Waals surface area contributed by atoms with Gasteiger partial charge in [-0.05, 0) is 63.3 Å². The molecule has 0 fully saturated rings. The zero-order valence-corrected chi connectivity index (χ0v) is 28.0. The molecule has 1 aromatic carbocycles. The van der Waals surface area contributed by atoms with Crippen molar-refractivity contribution in [2.75, 3.05) is 54.9 Å². The first-order valence-electron chi connectivity index (χ1n) is 15.1. The average molecular weight is 663 g/mol. The number of likely N-dealkylation sites (N-methyl/N-ethyl adjacent to an activating group) is 1. The van der Waals surface area contributed by atoms with Crippen LogP contribution in [0.25, 0.3) is 6.08 Å². The number of hydrogen-bond acceptors (Lipinski definition) is 6. The minimum atomic E-state index is -5.05. The van der Waals surface area contributed by atoms with Crippen LogP contribution in [-0.4, -0.2) is 116 Å². The Labute approximate surface area is 269 Å². The van der Waals surface area contributed by atoms with Gasteiger partial charge in [-0.3, -0.25) is 9.35 Å². The number of esters is 1.